The molecule has 0 radical (unpaired) electrons. The monoisotopic (exact) mass is 472 g/mol. The minimum absolute atomic E-state index is 0.225. The van der Waals surface area contributed by atoms with Gasteiger partial charge < -0.3 is 18.6 Å². The van der Waals surface area contributed by atoms with E-state index in [1.807, 2.05) is 12.1 Å². The fourth-order valence-corrected chi connectivity index (χ4v) is 4.33. The quantitative estimate of drug-likeness (QED) is 0.316. The van der Waals surface area contributed by atoms with Crippen LogP contribution in [0.3, 0.4) is 0 Å². The summed E-state index contributed by atoms with van der Waals surface area (Å²) in [6, 6.07) is 12.4. The number of carbonyl (C=O) groups is 2. The lowest BCUT2D eigenvalue weighted by Crippen LogP contribution is -2.13. The van der Waals surface area contributed by atoms with Crippen molar-refractivity contribution in [3.8, 4) is 10.6 Å². The summed E-state index contributed by atoms with van der Waals surface area (Å²) in [4.78, 5) is 25.8. The number of rotatable bonds is 7. The molecule has 0 amide bonds. The Morgan fingerprint density at radius 1 is 1.16 bits per heavy atom. The number of nitrogens with zero attached hydrogens (tertiary/aromatic N) is 2. The highest BCUT2D eigenvalue weighted by molar-refractivity contribution is 7.19. The molecule has 4 aromatic rings. The van der Waals surface area contributed by atoms with E-state index in [2.05, 4.69) is 5.16 Å². The van der Waals surface area contributed by atoms with E-state index in [4.69, 9.17) is 25.6 Å². The van der Waals surface area contributed by atoms with Gasteiger partial charge in [0, 0.05) is 17.0 Å². The van der Waals surface area contributed by atoms with Crippen molar-refractivity contribution < 1.29 is 23.6 Å². The first-order valence-electron chi connectivity index (χ1n) is 10.1. The predicted octanol–water partition coefficient (Wildman–Crippen LogP) is 5.80. The minimum Gasteiger partial charge on any atom is -0.461 e. The van der Waals surface area contributed by atoms with E-state index < -0.39 is 11.9 Å². The van der Waals surface area contributed by atoms with Gasteiger partial charge in [0.1, 0.15) is 11.4 Å². The number of hydrogen-bond donors (Lipinski definition) is 0. The van der Waals surface area contributed by atoms with Crippen LogP contribution in [-0.2, 0) is 16.0 Å². The van der Waals surface area contributed by atoms with Gasteiger partial charge in [-0.15, -0.1) is 11.3 Å². The van der Waals surface area contributed by atoms with Crippen molar-refractivity contribution in [1.29, 1.82) is 0 Å². The average Bonchev–Trinajstić information content (AvgIpc) is 3.46. The molecule has 0 unspecified atom stereocenters. The van der Waals surface area contributed by atoms with E-state index in [0.29, 0.717) is 27.0 Å². The average molecular weight is 473 g/mol. The van der Waals surface area contributed by atoms with Gasteiger partial charge in [0.25, 0.3) is 0 Å². The Balaban J connectivity index is 1.71. The molecule has 0 saturated heterocycles. The summed E-state index contributed by atoms with van der Waals surface area (Å²) in [5, 5.41) is 4.87. The second kappa shape index (κ2) is 9.18. The molecule has 0 N–H and O–H groups in total. The van der Waals surface area contributed by atoms with Crippen LogP contribution >= 0.6 is 22.9 Å². The normalized spacial score (nSPS) is 11.3. The van der Waals surface area contributed by atoms with Crippen LogP contribution < -0.4 is 0 Å². The first-order chi connectivity index (χ1) is 15.4. The van der Waals surface area contributed by atoms with Crippen LogP contribution in [0.1, 0.15) is 47.3 Å². The maximum atomic E-state index is 12.6. The van der Waals surface area contributed by atoms with Crippen molar-refractivity contribution in [1.82, 2.24) is 9.72 Å². The highest BCUT2D eigenvalue weighted by Gasteiger charge is 2.20. The lowest BCUT2D eigenvalue weighted by molar-refractivity contribution is 0.0377. The van der Waals surface area contributed by atoms with Gasteiger partial charge in [-0.2, -0.15) is 0 Å². The molecule has 0 aliphatic heterocycles. The predicted molar refractivity (Wildman–Crippen MR) is 122 cm³/mol. The Morgan fingerprint density at radius 2 is 1.97 bits per heavy atom. The Kier molecular flexibility index (Phi) is 6.34. The van der Waals surface area contributed by atoms with Crippen molar-refractivity contribution in [2.24, 2.45) is 0 Å². The van der Waals surface area contributed by atoms with Gasteiger partial charge in [-0.3, -0.25) is 0 Å². The molecule has 0 spiro atoms. The highest BCUT2D eigenvalue weighted by Crippen LogP contribution is 2.32. The number of carbonyl (C=O) groups excluding carboxylic acids is 2. The number of benzene rings is 1. The van der Waals surface area contributed by atoms with E-state index in [-0.39, 0.29) is 19.3 Å². The molecule has 0 aliphatic carbocycles. The second-order valence-corrected chi connectivity index (χ2v) is 9.07. The van der Waals surface area contributed by atoms with E-state index in [0.717, 1.165) is 15.8 Å². The van der Waals surface area contributed by atoms with Gasteiger partial charge in [-0.25, -0.2) is 9.59 Å². The number of thiophene rings is 1. The van der Waals surface area contributed by atoms with Gasteiger partial charge in [-0.05, 0) is 57.2 Å². The summed E-state index contributed by atoms with van der Waals surface area (Å²) >= 11 is 7.41. The topological polar surface area (TPSA) is 83.6 Å². The highest BCUT2D eigenvalue weighted by atomic mass is 35.5. The molecule has 0 atom stereocenters. The van der Waals surface area contributed by atoms with Crippen molar-refractivity contribution in [3.63, 3.8) is 0 Å². The summed E-state index contributed by atoms with van der Waals surface area (Å²) in [7, 11) is 0. The molecule has 0 aliphatic rings. The molecule has 3 aromatic heterocycles. The van der Waals surface area contributed by atoms with Crippen molar-refractivity contribution in [2.75, 3.05) is 6.61 Å². The summed E-state index contributed by atoms with van der Waals surface area (Å²) in [5.74, 6) is -0.267. The van der Waals surface area contributed by atoms with Crippen molar-refractivity contribution in [3.05, 3.63) is 63.8 Å². The maximum absolute atomic E-state index is 12.6. The molecule has 166 valence electrons. The Labute approximate surface area is 193 Å². The molecule has 0 bridgehead atoms. The second-order valence-electron chi connectivity index (χ2n) is 7.35. The summed E-state index contributed by atoms with van der Waals surface area (Å²) < 4.78 is 18.4. The molecule has 7 nitrogen and oxygen atoms in total. The van der Waals surface area contributed by atoms with Crippen LogP contribution in [-0.4, -0.2) is 34.4 Å². The van der Waals surface area contributed by atoms with Gasteiger partial charge in [-0.1, -0.05) is 16.8 Å². The summed E-state index contributed by atoms with van der Waals surface area (Å²) in [6.07, 6.45) is -0.225. The number of esters is 2. The van der Waals surface area contributed by atoms with E-state index >= 15 is 0 Å². The SMILES string of the molecule is CCOC(=O)c1cc2cc(C(=O)OC(C)C)ccc2n1Cc1cc(-c2ccc(Cl)s2)on1. The largest absolute Gasteiger partial charge is 0.461 e. The van der Waals surface area contributed by atoms with Crippen LogP contribution in [0, 0.1) is 0 Å². The molecule has 3 heterocycles. The van der Waals surface area contributed by atoms with Gasteiger partial charge in [0.15, 0.2) is 5.76 Å². The fourth-order valence-electron chi connectivity index (χ4n) is 3.34. The third kappa shape index (κ3) is 4.56. The van der Waals surface area contributed by atoms with Crippen LogP contribution in [0.4, 0.5) is 0 Å². The van der Waals surface area contributed by atoms with Gasteiger partial charge in [0.2, 0.25) is 0 Å². The Morgan fingerprint density at radius 3 is 2.66 bits per heavy atom. The molecule has 0 saturated carbocycles. The summed E-state index contributed by atoms with van der Waals surface area (Å²) in [5.41, 5.74) is 2.17. The number of ether oxygens (including phenoxy) is 2. The third-order valence-electron chi connectivity index (χ3n) is 4.66. The molecule has 1 aromatic carbocycles. The third-order valence-corrected chi connectivity index (χ3v) is 5.91. The van der Waals surface area contributed by atoms with Gasteiger partial charge in [0.05, 0.1) is 34.0 Å². The van der Waals surface area contributed by atoms with E-state index in [9.17, 15) is 9.59 Å². The summed E-state index contributed by atoms with van der Waals surface area (Å²) in [6.45, 7) is 5.88. The van der Waals surface area contributed by atoms with Crippen LogP contribution in [0.15, 0.2) is 47.0 Å². The fraction of sp³-hybridized carbons (Fsp3) is 0.261. The Bertz CT molecular complexity index is 1290. The molecular formula is C23H21ClN2O5S. The zero-order chi connectivity index (χ0) is 22.8. The number of fused-ring (bicyclic) bond motifs is 1. The van der Waals surface area contributed by atoms with Crippen LogP contribution in [0.25, 0.3) is 21.5 Å². The molecule has 9 heteroatoms. The van der Waals surface area contributed by atoms with Crippen LogP contribution in [0.2, 0.25) is 4.34 Å². The van der Waals surface area contributed by atoms with E-state index in [1.165, 1.54) is 11.3 Å². The number of halogens is 1. The van der Waals surface area contributed by atoms with Crippen molar-refractivity contribution >= 4 is 45.8 Å². The number of aromatic nitrogens is 2. The van der Waals surface area contributed by atoms with Crippen molar-refractivity contribution in [2.45, 2.75) is 33.4 Å². The molecule has 32 heavy (non-hydrogen) atoms. The minimum atomic E-state index is -0.455. The standard InChI is InChI=1S/C23H21ClN2O5S/c1-4-29-23(28)18-10-15-9-14(22(27)30-13(2)3)5-6-17(15)26(18)12-16-11-19(31-25-16)20-7-8-21(24)32-20/h5-11,13H,4,12H2,1-3H3. The van der Waals surface area contributed by atoms with E-state index in [1.54, 1.807) is 55.7 Å². The number of hydrogen-bond acceptors (Lipinski definition) is 7. The van der Waals surface area contributed by atoms with Crippen LogP contribution in [0.5, 0.6) is 0 Å². The molecule has 0 fully saturated rings. The lowest BCUT2D eigenvalue weighted by atomic mass is 10.1. The molecular weight excluding hydrogens is 452 g/mol. The van der Waals surface area contributed by atoms with Gasteiger partial charge >= 0.3 is 11.9 Å². The lowest BCUT2D eigenvalue weighted by Gasteiger charge is -2.09. The first kappa shape index (κ1) is 22.1. The zero-order valence-corrected chi connectivity index (χ0v) is 19.3. The smallest absolute Gasteiger partial charge is 0.354 e. The molecule has 4 rings (SSSR count). The maximum Gasteiger partial charge on any atom is 0.354 e. The zero-order valence-electron chi connectivity index (χ0n) is 17.8. The first-order valence-corrected chi connectivity index (χ1v) is 11.3. The Hall–Kier alpha value is -3.10.